The topological polar surface area (TPSA) is 19.9 Å². The molecule has 0 rings (SSSR count). The normalized spacial score (nSPS) is 14.1. The van der Waals surface area contributed by atoms with Crippen molar-refractivity contribution in [1.82, 2.24) is 0 Å². The zero-order valence-electron chi connectivity index (χ0n) is 9.35. The molecular weight excluding hydrogens is 176 g/mol. The number of rotatable bonds is 9. The first-order valence-corrected chi connectivity index (χ1v) is 7.50. The van der Waals surface area contributed by atoms with Crippen molar-refractivity contribution in [2.45, 2.75) is 64.8 Å². The Balaban J connectivity index is 3.25. The summed E-state index contributed by atoms with van der Waals surface area (Å²) in [4.78, 5) is 10.5. The van der Waals surface area contributed by atoms with Crippen molar-refractivity contribution in [2.75, 3.05) is 0 Å². The van der Waals surface area contributed by atoms with Crippen molar-refractivity contribution < 1.29 is 4.80 Å². The number of hydrogen-bond donors (Lipinski definition) is 0. The van der Waals surface area contributed by atoms with Crippen LogP contribution in [0.3, 0.4) is 0 Å². The lowest BCUT2D eigenvalue weighted by Gasteiger charge is -2.12. The Kier molecular flexibility index (Phi) is 10.4. The molecule has 0 aromatic rings. The molecule has 0 aromatic heterocycles. The first kappa shape index (κ1) is 13.2. The lowest BCUT2D eigenvalue weighted by Crippen LogP contribution is -2.00. The van der Waals surface area contributed by atoms with Gasteiger partial charge < -0.3 is 4.80 Å². The first-order chi connectivity index (χ1) is 6.35. The number of hydrogen-bond acceptors (Lipinski definition) is 0. The predicted molar refractivity (Wildman–Crippen MR) is 61.2 cm³/mol. The van der Waals surface area contributed by atoms with E-state index in [9.17, 15) is 4.80 Å². The van der Waals surface area contributed by atoms with Crippen LogP contribution in [0.15, 0.2) is 0 Å². The molecule has 79 valence electrons. The van der Waals surface area contributed by atoms with Crippen molar-refractivity contribution in [3.8, 4) is 0 Å². The minimum atomic E-state index is -0.921. The Labute approximate surface area is 85.9 Å². The molecule has 0 aliphatic rings. The lowest BCUT2D eigenvalue weighted by molar-refractivity contribution is 0.414. The molecule has 0 saturated carbocycles. The maximum Gasteiger partial charge on any atom is 0.207 e. The lowest BCUT2D eigenvalue weighted by atomic mass is 9.96. The van der Waals surface area contributed by atoms with Gasteiger partial charge in [-0.1, -0.05) is 58.8 Å². The summed E-state index contributed by atoms with van der Waals surface area (Å²) < 4.78 is 0. The first-order valence-electron chi connectivity index (χ1n) is 5.93. The van der Waals surface area contributed by atoms with E-state index in [1.54, 1.807) is 0 Å². The molecule has 0 heterocycles. The molecule has 0 N–H and O–H groups in total. The molecule has 0 aliphatic carbocycles. The molecular formula is C11H25OSi. The molecule has 0 bridgehead atoms. The van der Waals surface area contributed by atoms with Crippen LogP contribution in [0, 0.1) is 5.92 Å². The second-order valence-corrected chi connectivity index (χ2v) is 5.09. The van der Waals surface area contributed by atoms with Crippen LogP contribution in [0.2, 0.25) is 6.04 Å². The molecule has 13 heavy (non-hydrogen) atoms. The van der Waals surface area contributed by atoms with Crippen LogP contribution in [-0.4, -0.2) is 9.76 Å². The van der Waals surface area contributed by atoms with E-state index >= 15 is 0 Å². The highest BCUT2D eigenvalue weighted by Gasteiger charge is 2.05. The second kappa shape index (κ2) is 10.3. The number of unbranched alkanes of at least 4 members (excludes halogenated alkanes) is 3. The van der Waals surface area contributed by atoms with Gasteiger partial charge in [0, 0.05) is 0 Å². The Morgan fingerprint density at radius 3 is 2.38 bits per heavy atom. The van der Waals surface area contributed by atoms with Gasteiger partial charge in [0.05, 0.1) is 0 Å². The van der Waals surface area contributed by atoms with E-state index in [1.807, 2.05) is 0 Å². The van der Waals surface area contributed by atoms with Gasteiger partial charge >= 0.3 is 0 Å². The maximum absolute atomic E-state index is 10.5. The largest absolute Gasteiger partial charge is 0.306 e. The van der Waals surface area contributed by atoms with Crippen LogP contribution in [0.5, 0.6) is 0 Å². The van der Waals surface area contributed by atoms with Gasteiger partial charge in [0.25, 0.3) is 0 Å². The van der Waals surface area contributed by atoms with E-state index in [1.165, 1.54) is 44.9 Å². The van der Waals surface area contributed by atoms with E-state index in [0.717, 1.165) is 12.0 Å². The van der Waals surface area contributed by atoms with Crippen LogP contribution in [-0.2, 0) is 4.80 Å². The van der Waals surface area contributed by atoms with E-state index in [-0.39, 0.29) is 0 Å². The van der Waals surface area contributed by atoms with Crippen LogP contribution in [0.25, 0.3) is 0 Å². The fourth-order valence-electron chi connectivity index (χ4n) is 1.78. The third-order valence-electron chi connectivity index (χ3n) is 2.80. The summed E-state index contributed by atoms with van der Waals surface area (Å²) in [6.45, 7) is 4.51. The van der Waals surface area contributed by atoms with Crippen LogP contribution >= 0.6 is 0 Å². The highest BCUT2D eigenvalue weighted by Crippen LogP contribution is 2.19. The Morgan fingerprint density at radius 1 is 1.08 bits per heavy atom. The molecule has 0 spiro atoms. The van der Waals surface area contributed by atoms with Gasteiger partial charge in [-0.25, -0.2) is 0 Å². The van der Waals surface area contributed by atoms with E-state index in [4.69, 9.17) is 0 Å². The summed E-state index contributed by atoms with van der Waals surface area (Å²) in [5, 5.41) is 0. The molecule has 0 fully saturated rings. The SMILES string of the molecule is CCCCCCC(CC)CC[SiH2][O]. The zero-order valence-corrected chi connectivity index (χ0v) is 10.8. The molecule has 1 nitrogen and oxygen atoms in total. The third-order valence-corrected chi connectivity index (χ3v) is 3.50. The Hall–Kier alpha value is 0.177. The van der Waals surface area contributed by atoms with Crippen molar-refractivity contribution in [3.05, 3.63) is 0 Å². The monoisotopic (exact) mass is 201 g/mol. The standard InChI is InChI=1S/C11H25OSi/c1-3-5-6-7-8-11(4-2)9-10-13-12/h11H,3-10,13H2,1-2H3. The summed E-state index contributed by atoms with van der Waals surface area (Å²) in [5.41, 5.74) is 0. The predicted octanol–water partition coefficient (Wildman–Crippen LogP) is 3.31. The smallest absolute Gasteiger partial charge is 0.207 e. The maximum atomic E-state index is 10.5. The van der Waals surface area contributed by atoms with Gasteiger partial charge in [-0.3, -0.25) is 0 Å². The van der Waals surface area contributed by atoms with Gasteiger partial charge in [0.2, 0.25) is 9.76 Å². The Morgan fingerprint density at radius 2 is 1.85 bits per heavy atom. The van der Waals surface area contributed by atoms with Crippen molar-refractivity contribution in [3.63, 3.8) is 0 Å². The fourth-order valence-corrected chi connectivity index (χ4v) is 2.53. The van der Waals surface area contributed by atoms with E-state index in [0.29, 0.717) is 0 Å². The van der Waals surface area contributed by atoms with Crippen LogP contribution < -0.4 is 0 Å². The molecule has 1 atom stereocenters. The second-order valence-electron chi connectivity index (χ2n) is 3.97. The summed E-state index contributed by atoms with van der Waals surface area (Å²) >= 11 is 0. The van der Waals surface area contributed by atoms with Crippen molar-refractivity contribution >= 4 is 9.76 Å². The summed E-state index contributed by atoms with van der Waals surface area (Å²) in [6, 6.07) is 1.02. The summed E-state index contributed by atoms with van der Waals surface area (Å²) in [7, 11) is -0.921. The molecule has 1 radical (unpaired) electrons. The summed E-state index contributed by atoms with van der Waals surface area (Å²) in [5.74, 6) is 0.860. The van der Waals surface area contributed by atoms with Crippen LogP contribution in [0.4, 0.5) is 0 Å². The molecule has 0 saturated heterocycles. The summed E-state index contributed by atoms with van der Waals surface area (Å²) in [6.07, 6.45) is 9.34. The van der Waals surface area contributed by atoms with E-state index in [2.05, 4.69) is 13.8 Å². The molecule has 2 heteroatoms. The molecule has 0 aliphatic heterocycles. The highest BCUT2D eigenvalue weighted by atomic mass is 28.2. The third kappa shape index (κ3) is 8.51. The molecule has 1 unspecified atom stereocenters. The van der Waals surface area contributed by atoms with E-state index < -0.39 is 9.76 Å². The highest BCUT2D eigenvalue weighted by molar-refractivity contribution is 6.24. The van der Waals surface area contributed by atoms with Gasteiger partial charge in [-0.05, 0) is 12.0 Å². The van der Waals surface area contributed by atoms with Crippen molar-refractivity contribution in [2.24, 2.45) is 5.92 Å². The van der Waals surface area contributed by atoms with Crippen LogP contribution in [0.1, 0.15) is 58.8 Å². The minimum Gasteiger partial charge on any atom is -0.306 e. The van der Waals surface area contributed by atoms with Gasteiger partial charge in [-0.15, -0.1) is 0 Å². The quantitative estimate of drug-likeness (QED) is 0.403. The minimum absolute atomic E-state index is 0.860. The van der Waals surface area contributed by atoms with Crippen molar-refractivity contribution in [1.29, 1.82) is 0 Å². The average molecular weight is 201 g/mol. The van der Waals surface area contributed by atoms with Gasteiger partial charge in [-0.2, -0.15) is 0 Å². The molecule has 0 amide bonds. The fraction of sp³-hybridized carbons (Fsp3) is 1.00. The molecule has 0 aromatic carbocycles. The average Bonchev–Trinajstić information content (AvgIpc) is 2.17. The zero-order chi connectivity index (χ0) is 9.94. The van der Waals surface area contributed by atoms with Gasteiger partial charge in [0.1, 0.15) is 0 Å². The van der Waals surface area contributed by atoms with Gasteiger partial charge in [0.15, 0.2) is 0 Å². The Bertz CT molecular complexity index is 96.1.